The molecule has 0 heterocycles. The van der Waals surface area contributed by atoms with E-state index in [0.29, 0.717) is 19.3 Å². The molecule has 0 spiro atoms. The van der Waals surface area contributed by atoms with Gasteiger partial charge < -0.3 is 14.2 Å². The Kier molecular flexibility index (Phi) is 46.8. The first kappa shape index (κ1) is 56.4. The van der Waals surface area contributed by atoms with E-state index in [-0.39, 0.29) is 31.1 Å². The highest BCUT2D eigenvalue weighted by Gasteiger charge is 2.19. The monoisotopic (exact) mass is 821 g/mol. The highest BCUT2D eigenvalue weighted by Crippen LogP contribution is 2.17. The molecule has 0 rings (SSSR count). The fraction of sp³-hybridized carbons (Fsp3) is 0.942. The second kappa shape index (κ2) is 48.1. The van der Waals surface area contributed by atoms with Crippen molar-refractivity contribution in [3.05, 3.63) is 0 Å². The lowest BCUT2D eigenvalue weighted by molar-refractivity contribution is -0.167. The Balaban J connectivity index is 4.25. The van der Waals surface area contributed by atoms with Gasteiger partial charge in [-0.05, 0) is 19.3 Å². The first-order valence-corrected chi connectivity index (χ1v) is 26.0. The molecule has 0 aliphatic rings. The minimum absolute atomic E-state index is 0.0619. The summed E-state index contributed by atoms with van der Waals surface area (Å²) in [6, 6.07) is 0. The molecule has 0 saturated heterocycles. The third-order valence-corrected chi connectivity index (χ3v) is 11.9. The summed E-state index contributed by atoms with van der Waals surface area (Å²) >= 11 is 0. The molecular formula is C52H100O6. The highest BCUT2D eigenvalue weighted by atomic mass is 16.6. The molecule has 0 radical (unpaired) electrons. The van der Waals surface area contributed by atoms with Gasteiger partial charge in [-0.2, -0.15) is 0 Å². The summed E-state index contributed by atoms with van der Waals surface area (Å²) in [5.41, 5.74) is 0. The van der Waals surface area contributed by atoms with Crippen molar-refractivity contribution in [2.75, 3.05) is 13.2 Å². The molecule has 6 nitrogen and oxygen atoms in total. The third-order valence-electron chi connectivity index (χ3n) is 11.9. The fourth-order valence-electron chi connectivity index (χ4n) is 7.92. The van der Waals surface area contributed by atoms with Gasteiger partial charge in [-0.3, -0.25) is 14.4 Å². The summed E-state index contributed by atoms with van der Waals surface area (Å²) in [7, 11) is 0. The molecule has 0 bridgehead atoms. The van der Waals surface area contributed by atoms with E-state index in [4.69, 9.17) is 14.2 Å². The summed E-state index contributed by atoms with van der Waals surface area (Å²) in [5, 5.41) is 0. The minimum atomic E-state index is -0.759. The zero-order chi connectivity index (χ0) is 42.3. The van der Waals surface area contributed by atoms with Crippen LogP contribution in [0.15, 0.2) is 0 Å². The average molecular weight is 821 g/mol. The average Bonchev–Trinajstić information content (AvgIpc) is 3.22. The third kappa shape index (κ3) is 45.5. The maximum atomic E-state index is 12.8. The molecule has 1 unspecified atom stereocenters. The van der Waals surface area contributed by atoms with E-state index in [1.165, 1.54) is 199 Å². The molecule has 0 fully saturated rings. The van der Waals surface area contributed by atoms with Gasteiger partial charge in [-0.25, -0.2) is 0 Å². The molecule has 6 heteroatoms. The second-order valence-electron chi connectivity index (χ2n) is 17.8. The van der Waals surface area contributed by atoms with Crippen molar-refractivity contribution < 1.29 is 28.6 Å². The van der Waals surface area contributed by atoms with Crippen LogP contribution in [-0.4, -0.2) is 37.2 Å². The molecule has 0 aliphatic heterocycles. The number of unbranched alkanes of at least 4 members (excludes halogenated alkanes) is 37. The quantitative estimate of drug-likeness (QED) is 0.0346. The molecular weight excluding hydrogens is 721 g/mol. The lowest BCUT2D eigenvalue weighted by atomic mass is 10.0. The van der Waals surface area contributed by atoms with Gasteiger partial charge in [0.25, 0.3) is 0 Å². The Morgan fingerprint density at radius 1 is 0.276 bits per heavy atom. The van der Waals surface area contributed by atoms with Crippen molar-refractivity contribution in [1.82, 2.24) is 0 Å². The number of hydrogen-bond donors (Lipinski definition) is 0. The zero-order valence-corrected chi connectivity index (χ0v) is 39.3. The number of carbonyl (C=O) groups is 3. The SMILES string of the molecule is CCCCCCCCCCCCCCCCCCC(=O)OCC(COC(=O)CCCCCCCCCCC)OC(=O)CCCCCCCCCCCCCCCCC. The summed E-state index contributed by atoms with van der Waals surface area (Å²) in [6.45, 7) is 6.67. The van der Waals surface area contributed by atoms with E-state index in [9.17, 15) is 14.4 Å². The Morgan fingerprint density at radius 2 is 0.466 bits per heavy atom. The van der Waals surface area contributed by atoms with Crippen molar-refractivity contribution in [2.45, 2.75) is 303 Å². The van der Waals surface area contributed by atoms with Crippen LogP contribution in [0, 0.1) is 0 Å². The van der Waals surface area contributed by atoms with E-state index >= 15 is 0 Å². The van der Waals surface area contributed by atoms with E-state index in [1.807, 2.05) is 0 Å². The summed E-state index contributed by atoms with van der Waals surface area (Å²) in [5.74, 6) is -0.843. The zero-order valence-electron chi connectivity index (χ0n) is 39.3. The standard InChI is InChI=1S/C52H100O6/c1-4-7-10-13-16-19-21-23-25-27-28-30-33-36-39-42-45-51(54)57-48-49(47-56-50(53)44-41-38-35-32-18-15-12-9-6-3)58-52(55)46-43-40-37-34-31-29-26-24-22-20-17-14-11-8-5-2/h49H,4-48H2,1-3H3. The van der Waals surface area contributed by atoms with E-state index in [1.54, 1.807) is 0 Å². The van der Waals surface area contributed by atoms with Crippen molar-refractivity contribution in [3.63, 3.8) is 0 Å². The second-order valence-corrected chi connectivity index (χ2v) is 17.8. The first-order chi connectivity index (χ1) is 28.5. The number of rotatable bonds is 48. The van der Waals surface area contributed by atoms with Crippen LogP contribution in [0.25, 0.3) is 0 Å². The molecule has 58 heavy (non-hydrogen) atoms. The molecule has 344 valence electrons. The van der Waals surface area contributed by atoms with Crippen molar-refractivity contribution in [2.24, 2.45) is 0 Å². The summed E-state index contributed by atoms with van der Waals surface area (Å²) < 4.78 is 16.8. The number of carbonyl (C=O) groups excluding carboxylic acids is 3. The molecule has 0 aromatic rings. The van der Waals surface area contributed by atoms with Crippen molar-refractivity contribution >= 4 is 17.9 Å². The van der Waals surface area contributed by atoms with E-state index < -0.39 is 6.10 Å². The van der Waals surface area contributed by atoms with Crippen LogP contribution in [0.5, 0.6) is 0 Å². The number of hydrogen-bond acceptors (Lipinski definition) is 6. The molecule has 0 saturated carbocycles. The lowest BCUT2D eigenvalue weighted by Gasteiger charge is -2.18. The number of ether oxygens (including phenoxy) is 3. The molecule has 0 aromatic carbocycles. The summed E-state index contributed by atoms with van der Waals surface area (Å²) in [4.78, 5) is 37.9. The highest BCUT2D eigenvalue weighted by molar-refractivity contribution is 5.71. The van der Waals surface area contributed by atoms with Gasteiger partial charge in [-0.1, -0.05) is 258 Å². The van der Waals surface area contributed by atoms with Gasteiger partial charge in [0.1, 0.15) is 13.2 Å². The van der Waals surface area contributed by atoms with E-state index in [0.717, 1.165) is 57.8 Å². The Morgan fingerprint density at radius 3 is 0.690 bits per heavy atom. The maximum Gasteiger partial charge on any atom is 0.306 e. The molecule has 0 amide bonds. The van der Waals surface area contributed by atoms with Gasteiger partial charge in [-0.15, -0.1) is 0 Å². The Hall–Kier alpha value is -1.59. The topological polar surface area (TPSA) is 78.9 Å². The van der Waals surface area contributed by atoms with Crippen molar-refractivity contribution in [1.29, 1.82) is 0 Å². The first-order valence-electron chi connectivity index (χ1n) is 26.0. The van der Waals surface area contributed by atoms with Crippen LogP contribution in [0.3, 0.4) is 0 Å². The van der Waals surface area contributed by atoms with Gasteiger partial charge in [0.05, 0.1) is 0 Å². The normalized spacial score (nSPS) is 11.8. The maximum absolute atomic E-state index is 12.8. The van der Waals surface area contributed by atoms with Crippen LogP contribution < -0.4 is 0 Å². The van der Waals surface area contributed by atoms with E-state index in [2.05, 4.69) is 20.8 Å². The van der Waals surface area contributed by atoms with Crippen LogP contribution in [0.4, 0.5) is 0 Å². The fourth-order valence-corrected chi connectivity index (χ4v) is 7.92. The minimum Gasteiger partial charge on any atom is -0.462 e. The molecule has 0 N–H and O–H groups in total. The van der Waals surface area contributed by atoms with Gasteiger partial charge in [0.15, 0.2) is 6.10 Å². The molecule has 0 aromatic heterocycles. The molecule has 0 aliphatic carbocycles. The van der Waals surface area contributed by atoms with Crippen LogP contribution in [0.2, 0.25) is 0 Å². The Bertz CT molecular complexity index is 859. The largest absolute Gasteiger partial charge is 0.462 e. The van der Waals surface area contributed by atoms with Gasteiger partial charge in [0.2, 0.25) is 0 Å². The summed E-state index contributed by atoms with van der Waals surface area (Å²) in [6.07, 6.45) is 50.9. The van der Waals surface area contributed by atoms with Crippen molar-refractivity contribution in [3.8, 4) is 0 Å². The number of esters is 3. The molecule has 1 atom stereocenters. The predicted octanol–water partition coefficient (Wildman–Crippen LogP) is 16.8. The Labute approximate surface area is 361 Å². The van der Waals surface area contributed by atoms with Gasteiger partial charge in [0, 0.05) is 19.3 Å². The van der Waals surface area contributed by atoms with Crippen LogP contribution >= 0.6 is 0 Å². The van der Waals surface area contributed by atoms with Crippen LogP contribution in [-0.2, 0) is 28.6 Å². The van der Waals surface area contributed by atoms with Gasteiger partial charge >= 0.3 is 17.9 Å². The predicted molar refractivity (Wildman–Crippen MR) is 247 cm³/mol. The smallest absolute Gasteiger partial charge is 0.306 e. The lowest BCUT2D eigenvalue weighted by Crippen LogP contribution is -2.30. The van der Waals surface area contributed by atoms with Crippen LogP contribution in [0.1, 0.15) is 297 Å².